The van der Waals surface area contributed by atoms with Gasteiger partial charge < -0.3 is 19.3 Å². The molecule has 2 unspecified atom stereocenters. The largest absolute Gasteiger partial charge is 0.479 e. The van der Waals surface area contributed by atoms with Crippen LogP contribution < -0.4 is 5.32 Å². The van der Waals surface area contributed by atoms with Crippen LogP contribution in [-0.2, 0) is 24.7 Å². The topological polar surface area (TPSA) is 94.1 Å². The van der Waals surface area contributed by atoms with E-state index in [1.54, 1.807) is 65.0 Å². The molecular formula is C18H27NO6. The smallest absolute Gasteiger partial charge is 0.410 e. The normalized spacial score (nSPS) is 15.1. The Balaban J connectivity index is 3.40. The van der Waals surface area contributed by atoms with Crippen LogP contribution in [0.5, 0.6) is 0 Å². The second-order valence-electron chi connectivity index (χ2n) is 6.34. The molecule has 2 N–H and O–H groups in total. The summed E-state index contributed by atoms with van der Waals surface area (Å²) in [5.74, 6) is -1.25. The lowest BCUT2D eigenvalue weighted by atomic mass is 9.96. The summed E-state index contributed by atoms with van der Waals surface area (Å²) in [5, 5.41) is 12.3. The molecule has 0 aliphatic rings. The lowest BCUT2D eigenvalue weighted by Gasteiger charge is -2.39. The number of aliphatic carboxylic acids is 1. The van der Waals surface area contributed by atoms with Crippen molar-refractivity contribution in [2.75, 3.05) is 13.2 Å². The third-order valence-electron chi connectivity index (χ3n) is 3.19. The first-order valence-corrected chi connectivity index (χ1v) is 8.21. The number of carbonyl (C=O) groups is 2. The molecule has 0 radical (unpaired) electrons. The number of carboxylic acid groups (broad SMARTS) is 1. The quantitative estimate of drug-likeness (QED) is 0.698. The summed E-state index contributed by atoms with van der Waals surface area (Å²) in [6.45, 7) is 8.82. The Morgan fingerprint density at radius 2 is 1.72 bits per heavy atom. The monoisotopic (exact) mass is 353 g/mol. The van der Waals surface area contributed by atoms with Crippen LogP contribution in [-0.4, -0.2) is 42.1 Å². The highest BCUT2D eigenvalue weighted by Gasteiger charge is 2.49. The first-order chi connectivity index (χ1) is 11.7. The molecule has 1 aromatic carbocycles. The van der Waals surface area contributed by atoms with E-state index >= 15 is 0 Å². The van der Waals surface area contributed by atoms with Crippen molar-refractivity contribution in [3.63, 3.8) is 0 Å². The zero-order chi connectivity index (χ0) is 19.1. The molecule has 0 bridgehead atoms. The molecule has 1 amide bonds. The molecule has 0 heterocycles. The van der Waals surface area contributed by atoms with Gasteiger partial charge in [-0.3, -0.25) is 5.32 Å². The van der Waals surface area contributed by atoms with Crippen LogP contribution in [0.3, 0.4) is 0 Å². The number of benzene rings is 1. The average Bonchev–Trinajstić information content (AvgIpc) is 2.51. The lowest BCUT2D eigenvalue weighted by molar-refractivity contribution is -0.191. The van der Waals surface area contributed by atoms with Gasteiger partial charge in [-0.2, -0.15) is 0 Å². The van der Waals surface area contributed by atoms with E-state index in [9.17, 15) is 14.7 Å². The number of alkyl carbamates (subject to hydrolysis) is 1. The van der Waals surface area contributed by atoms with Gasteiger partial charge in [0.15, 0.2) is 0 Å². The minimum atomic E-state index is -1.72. The van der Waals surface area contributed by atoms with Crippen molar-refractivity contribution < 1.29 is 28.9 Å². The molecule has 7 heteroatoms. The number of nitrogens with one attached hydrogen (secondary N) is 1. The number of hydrogen-bond acceptors (Lipinski definition) is 5. The van der Waals surface area contributed by atoms with Gasteiger partial charge in [-0.25, -0.2) is 9.59 Å². The van der Waals surface area contributed by atoms with Crippen LogP contribution in [0.25, 0.3) is 0 Å². The molecule has 7 nitrogen and oxygen atoms in total. The van der Waals surface area contributed by atoms with Crippen molar-refractivity contribution in [3.8, 4) is 0 Å². The maximum atomic E-state index is 12.4. The summed E-state index contributed by atoms with van der Waals surface area (Å²) >= 11 is 0. The molecule has 0 saturated heterocycles. The van der Waals surface area contributed by atoms with Crippen molar-refractivity contribution >= 4 is 12.1 Å². The zero-order valence-electron chi connectivity index (χ0n) is 15.4. The van der Waals surface area contributed by atoms with Gasteiger partial charge in [-0.05, 0) is 34.6 Å². The summed E-state index contributed by atoms with van der Waals surface area (Å²) in [6.07, 6.45) is -2.25. The second kappa shape index (κ2) is 8.82. The van der Waals surface area contributed by atoms with Gasteiger partial charge in [0.05, 0.1) is 0 Å². The second-order valence-corrected chi connectivity index (χ2v) is 6.34. The van der Waals surface area contributed by atoms with E-state index in [2.05, 4.69) is 5.32 Å². The van der Waals surface area contributed by atoms with Gasteiger partial charge in [0.2, 0.25) is 11.8 Å². The molecule has 0 aromatic heterocycles. The highest BCUT2D eigenvalue weighted by molar-refractivity contribution is 5.77. The van der Waals surface area contributed by atoms with Crippen LogP contribution in [0, 0.1) is 0 Å². The fraction of sp³-hybridized carbons (Fsp3) is 0.556. The highest BCUT2D eigenvalue weighted by atomic mass is 16.6. The summed E-state index contributed by atoms with van der Waals surface area (Å²) in [7, 11) is 0. The number of rotatable bonds is 8. The molecule has 0 aliphatic carbocycles. The van der Waals surface area contributed by atoms with Gasteiger partial charge in [0.1, 0.15) is 5.60 Å². The van der Waals surface area contributed by atoms with E-state index in [1.807, 2.05) is 0 Å². The molecular weight excluding hydrogens is 326 g/mol. The van der Waals surface area contributed by atoms with Gasteiger partial charge >= 0.3 is 12.1 Å². The molecule has 25 heavy (non-hydrogen) atoms. The van der Waals surface area contributed by atoms with Crippen LogP contribution in [0.4, 0.5) is 4.79 Å². The number of amides is 1. The van der Waals surface area contributed by atoms with Gasteiger partial charge in [0, 0.05) is 18.8 Å². The molecule has 0 saturated carbocycles. The van der Waals surface area contributed by atoms with Crippen LogP contribution in [0.15, 0.2) is 30.3 Å². The first-order valence-electron chi connectivity index (χ1n) is 8.21. The maximum Gasteiger partial charge on any atom is 0.410 e. The third-order valence-corrected chi connectivity index (χ3v) is 3.19. The Kier molecular flexibility index (Phi) is 7.38. The fourth-order valence-electron chi connectivity index (χ4n) is 2.38. The Labute approximate surface area is 148 Å². The summed E-state index contributed by atoms with van der Waals surface area (Å²) < 4.78 is 16.5. The van der Waals surface area contributed by atoms with Crippen molar-refractivity contribution in [1.82, 2.24) is 5.32 Å². The average molecular weight is 353 g/mol. The number of carbonyl (C=O) groups excluding carboxylic acids is 1. The Morgan fingerprint density at radius 3 is 2.16 bits per heavy atom. The first kappa shape index (κ1) is 20.9. The van der Waals surface area contributed by atoms with E-state index in [1.165, 1.54) is 0 Å². The molecule has 140 valence electrons. The van der Waals surface area contributed by atoms with Gasteiger partial charge in [-0.1, -0.05) is 30.3 Å². The van der Waals surface area contributed by atoms with E-state index in [0.717, 1.165) is 0 Å². The van der Waals surface area contributed by atoms with E-state index in [0.29, 0.717) is 5.56 Å². The zero-order valence-corrected chi connectivity index (χ0v) is 15.4. The molecule has 0 aliphatic heterocycles. The van der Waals surface area contributed by atoms with Crippen molar-refractivity contribution in [2.24, 2.45) is 0 Å². The predicted octanol–water partition coefficient (Wildman–Crippen LogP) is 2.89. The molecule has 2 atom stereocenters. The Hall–Kier alpha value is -2.12. The van der Waals surface area contributed by atoms with E-state index < -0.39 is 29.5 Å². The number of ether oxygens (including phenoxy) is 3. The minimum absolute atomic E-state index is 0.134. The molecule has 1 rings (SSSR count). The fourth-order valence-corrected chi connectivity index (χ4v) is 2.38. The highest BCUT2D eigenvalue weighted by Crippen LogP contribution is 2.30. The van der Waals surface area contributed by atoms with Gasteiger partial charge in [-0.15, -0.1) is 0 Å². The van der Waals surface area contributed by atoms with Crippen molar-refractivity contribution in [1.29, 1.82) is 0 Å². The lowest BCUT2D eigenvalue weighted by Crippen LogP contribution is -2.60. The van der Waals surface area contributed by atoms with Crippen LogP contribution >= 0.6 is 0 Å². The van der Waals surface area contributed by atoms with E-state index in [4.69, 9.17) is 14.2 Å². The Morgan fingerprint density at radius 1 is 1.12 bits per heavy atom. The molecule has 0 spiro atoms. The molecule has 1 aromatic rings. The van der Waals surface area contributed by atoms with Crippen molar-refractivity contribution in [2.45, 2.75) is 52.0 Å². The predicted molar refractivity (Wildman–Crippen MR) is 92.2 cm³/mol. The minimum Gasteiger partial charge on any atom is -0.479 e. The third kappa shape index (κ3) is 5.72. The Bertz CT molecular complexity index is 569. The standard InChI is InChI=1S/C18H27NO6/c1-6-23-14(15(20)21)18(24-7-2,13-11-9-8-10-12-13)19-16(22)25-17(3,4)5/h8-12,14H,6-7H2,1-5H3,(H,19,22)(H,20,21). The van der Waals surface area contributed by atoms with Gasteiger partial charge in [0.25, 0.3) is 0 Å². The summed E-state index contributed by atoms with van der Waals surface area (Å²) in [6, 6.07) is 8.57. The number of carboxylic acids is 1. The summed E-state index contributed by atoms with van der Waals surface area (Å²) in [4.78, 5) is 24.2. The van der Waals surface area contributed by atoms with Crippen molar-refractivity contribution in [3.05, 3.63) is 35.9 Å². The molecule has 0 fully saturated rings. The number of hydrogen-bond donors (Lipinski definition) is 2. The van der Waals surface area contributed by atoms with Crippen LogP contribution in [0.2, 0.25) is 0 Å². The van der Waals surface area contributed by atoms with E-state index in [-0.39, 0.29) is 13.2 Å². The SMILES string of the molecule is CCOC(C(=O)O)C(NC(=O)OC(C)(C)C)(OCC)c1ccccc1. The maximum absolute atomic E-state index is 12.4. The summed E-state index contributed by atoms with van der Waals surface area (Å²) in [5.41, 5.74) is -2.02. The van der Waals surface area contributed by atoms with Crippen LogP contribution in [0.1, 0.15) is 40.2 Å².